The predicted octanol–water partition coefficient (Wildman–Crippen LogP) is 5.44. The number of nitro benzene ring substituents is 1. The van der Waals surface area contributed by atoms with Crippen LogP contribution in [0.4, 0.5) is 27.4 Å². The van der Waals surface area contributed by atoms with Crippen LogP contribution >= 0.6 is 0 Å². The van der Waals surface area contributed by atoms with E-state index in [1.165, 1.54) is 18.2 Å². The molecule has 36 heavy (non-hydrogen) atoms. The number of aryl methyl sites for hydroxylation is 2. The smallest absolute Gasteiger partial charge is 0.307 e. The first-order valence-corrected chi connectivity index (χ1v) is 12.1. The zero-order chi connectivity index (χ0) is 24.8. The van der Waals surface area contributed by atoms with Gasteiger partial charge in [-0.05, 0) is 31.2 Å². The largest absolute Gasteiger partial charge is 0.494 e. The molecule has 0 amide bonds. The Morgan fingerprint density at radius 1 is 1.17 bits per heavy atom. The maximum absolute atomic E-state index is 14.2. The molecule has 0 aliphatic carbocycles. The van der Waals surface area contributed by atoms with E-state index in [0.29, 0.717) is 0 Å². The molecular formula is C26H25FN6O3. The number of para-hydroxylation sites is 1. The van der Waals surface area contributed by atoms with Crippen molar-refractivity contribution >= 4 is 33.9 Å². The lowest BCUT2D eigenvalue weighted by Gasteiger charge is -2.21. The summed E-state index contributed by atoms with van der Waals surface area (Å²) in [6.07, 6.45) is 8.34. The first-order chi connectivity index (χ1) is 17.5. The van der Waals surface area contributed by atoms with Crippen molar-refractivity contribution in [3.8, 4) is 17.0 Å². The number of halogens is 1. The van der Waals surface area contributed by atoms with Crippen molar-refractivity contribution in [2.75, 3.05) is 30.4 Å². The normalized spacial score (nSPS) is 14.9. The van der Waals surface area contributed by atoms with E-state index in [1.54, 1.807) is 6.20 Å². The first kappa shape index (κ1) is 22.3. The molecule has 4 aromatic rings. The predicted molar refractivity (Wildman–Crippen MR) is 136 cm³/mol. The molecule has 1 fully saturated rings. The molecule has 0 unspecified atom stereocenters. The topological polar surface area (TPSA) is 98.4 Å². The summed E-state index contributed by atoms with van der Waals surface area (Å²) >= 11 is 0. The van der Waals surface area contributed by atoms with Crippen molar-refractivity contribution in [3.63, 3.8) is 0 Å². The van der Waals surface area contributed by atoms with Gasteiger partial charge in [-0.15, -0.1) is 0 Å². The number of nitrogens with one attached hydrogen (secondary N) is 1. The molecule has 9 nitrogen and oxygen atoms in total. The van der Waals surface area contributed by atoms with Crippen LogP contribution in [-0.2, 0) is 13.0 Å². The van der Waals surface area contributed by atoms with Gasteiger partial charge in [-0.3, -0.25) is 10.1 Å². The van der Waals surface area contributed by atoms with Crippen LogP contribution in [0.1, 0.15) is 24.8 Å². The van der Waals surface area contributed by atoms with Crippen LogP contribution in [0.5, 0.6) is 5.75 Å². The van der Waals surface area contributed by atoms with Crippen LogP contribution in [0.15, 0.2) is 42.7 Å². The highest BCUT2D eigenvalue weighted by atomic mass is 19.1. The number of nitro groups is 1. The Labute approximate surface area is 206 Å². The molecule has 1 N–H and O–H groups in total. The van der Waals surface area contributed by atoms with Gasteiger partial charge in [0.2, 0.25) is 11.8 Å². The average Bonchev–Trinajstić information content (AvgIpc) is 3.55. The molecule has 2 aliphatic heterocycles. The number of hydrogen-bond acceptors (Lipinski definition) is 7. The standard InChI is InChI=1S/C26H25FN6O3/c1-36-23-12-19(27)21(33(34)35)13-20(23)29-26-28-14-22(31-9-2-3-10-31)24(30-26)18-15-32-11-5-7-16-6-4-8-17(18)25(16)32/h4,6,8,12-15H,2-3,5,7,9-11H2,1H3,(H,28,29,30). The second kappa shape index (κ2) is 8.78. The number of anilines is 3. The Balaban J connectivity index is 1.49. The number of rotatable bonds is 6. The summed E-state index contributed by atoms with van der Waals surface area (Å²) in [6.45, 7) is 2.83. The molecule has 2 aromatic heterocycles. The monoisotopic (exact) mass is 488 g/mol. The molecule has 2 aromatic carbocycles. The van der Waals surface area contributed by atoms with E-state index in [4.69, 9.17) is 9.72 Å². The maximum Gasteiger partial charge on any atom is 0.307 e. The number of aromatic nitrogens is 3. The van der Waals surface area contributed by atoms with Crippen molar-refractivity contribution in [1.29, 1.82) is 0 Å². The lowest BCUT2D eigenvalue weighted by Crippen LogP contribution is -2.19. The van der Waals surface area contributed by atoms with Crippen molar-refractivity contribution in [2.45, 2.75) is 32.2 Å². The number of ether oxygens (including phenoxy) is 1. The molecule has 1 saturated heterocycles. The molecule has 2 aliphatic rings. The van der Waals surface area contributed by atoms with Gasteiger partial charge in [-0.1, -0.05) is 18.2 Å². The third-order valence-corrected chi connectivity index (χ3v) is 7.01. The van der Waals surface area contributed by atoms with E-state index in [1.807, 2.05) is 0 Å². The molecule has 0 saturated carbocycles. The number of hydrogen-bond donors (Lipinski definition) is 1. The van der Waals surface area contributed by atoms with Gasteiger partial charge >= 0.3 is 5.69 Å². The zero-order valence-electron chi connectivity index (χ0n) is 19.8. The van der Waals surface area contributed by atoms with Gasteiger partial charge in [0, 0.05) is 48.9 Å². The van der Waals surface area contributed by atoms with Gasteiger partial charge in [-0.2, -0.15) is 4.39 Å². The molecule has 6 rings (SSSR count). The fraction of sp³-hybridized carbons (Fsp3) is 0.308. The number of methoxy groups -OCH3 is 1. The van der Waals surface area contributed by atoms with Gasteiger partial charge in [0.1, 0.15) is 11.4 Å². The molecule has 184 valence electrons. The Morgan fingerprint density at radius 3 is 2.78 bits per heavy atom. The van der Waals surface area contributed by atoms with Gasteiger partial charge in [0.05, 0.1) is 35.1 Å². The van der Waals surface area contributed by atoms with Crippen LogP contribution in [0, 0.1) is 15.9 Å². The van der Waals surface area contributed by atoms with Crippen LogP contribution in [0.25, 0.3) is 22.2 Å². The number of benzene rings is 2. The maximum atomic E-state index is 14.2. The van der Waals surface area contributed by atoms with Crippen LogP contribution in [0.2, 0.25) is 0 Å². The van der Waals surface area contributed by atoms with Crippen molar-refractivity contribution in [3.05, 3.63) is 64.2 Å². The summed E-state index contributed by atoms with van der Waals surface area (Å²) < 4.78 is 21.7. The summed E-state index contributed by atoms with van der Waals surface area (Å²) in [5, 5.41) is 15.5. The van der Waals surface area contributed by atoms with Crippen molar-refractivity contribution in [2.24, 2.45) is 0 Å². The molecule has 0 radical (unpaired) electrons. The minimum atomic E-state index is -0.970. The summed E-state index contributed by atoms with van der Waals surface area (Å²) in [6, 6.07) is 8.50. The van der Waals surface area contributed by atoms with Gasteiger partial charge in [-0.25, -0.2) is 9.97 Å². The Bertz CT molecular complexity index is 1500. The van der Waals surface area contributed by atoms with Gasteiger partial charge in [0.15, 0.2) is 0 Å². The van der Waals surface area contributed by atoms with Crippen LogP contribution in [0.3, 0.4) is 0 Å². The lowest BCUT2D eigenvalue weighted by atomic mass is 10.0. The van der Waals surface area contributed by atoms with Crippen LogP contribution in [-0.4, -0.2) is 39.7 Å². The molecular weight excluding hydrogens is 463 g/mol. The highest BCUT2D eigenvalue weighted by molar-refractivity contribution is 6.00. The quantitative estimate of drug-likeness (QED) is 0.285. The highest BCUT2D eigenvalue weighted by Gasteiger charge is 2.25. The summed E-state index contributed by atoms with van der Waals surface area (Å²) in [7, 11) is 1.38. The first-order valence-electron chi connectivity index (χ1n) is 12.1. The van der Waals surface area contributed by atoms with E-state index in [0.717, 1.165) is 79.8 Å². The van der Waals surface area contributed by atoms with E-state index < -0.39 is 16.4 Å². The number of nitrogens with zero attached hydrogens (tertiary/aromatic N) is 5. The summed E-state index contributed by atoms with van der Waals surface area (Å²) in [5.74, 6) is -0.597. The average molecular weight is 489 g/mol. The van der Waals surface area contributed by atoms with Crippen molar-refractivity contribution in [1.82, 2.24) is 14.5 Å². The van der Waals surface area contributed by atoms with Gasteiger partial charge in [0.25, 0.3) is 0 Å². The third-order valence-electron chi connectivity index (χ3n) is 7.01. The Morgan fingerprint density at radius 2 is 2.00 bits per heavy atom. The second-order valence-corrected chi connectivity index (χ2v) is 9.16. The Kier molecular flexibility index (Phi) is 5.43. The van der Waals surface area contributed by atoms with Gasteiger partial charge < -0.3 is 19.5 Å². The fourth-order valence-corrected chi connectivity index (χ4v) is 5.34. The summed E-state index contributed by atoms with van der Waals surface area (Å²) in [5.41, 5.74) is 4.93. The molecule has 4 heterocycles. The van der Waals surface area contributed by atoms with E-state index >= 15 is 0 Å². The highest BCUT2D eigenvalue weighted by Crippen LogP contribution is 2.40. The SMILES string of the molecule is COc1cc(F)c([N+](=O)[O-])cc1Nc1ncc(N2CCCC2)c(-c2cn3c4c(cccc24)CCC3)n1. The Hall–Kier alpha value is -4.21. The molecule has 0 atom stereocenters. The molecule has 0 bridgehead atoms. The fourth-order valence-electron chi connectivity index (χ4n) is 5.34. The van der Waals surface area contributed by atoms with E-state index in [-0.39, 0.29) is 17.4 Å². The van der Waals surface area contributed by atoms with Crippen LogP contribution < -0.4 is 15.0 Å². The zero-order valence-corrected chi connectivity index (χ0v) is 19.8. The minimum absolute atomic E-state index is 0.124. The molecule has 0 spiro atoms. The van der Waals surface area contributed by atoms with E-state index in [2.05, 4.69) is 44.2 Å². The lowest BCUT2D eigenvalue weighted by molar-refractivity contribution is -0.387. The van der Waals surface area contributed by atoms with E-state index in [9.17, 15) is 14.5 Å². The van der Waals surface area contributed by atoms with Crippen molar-refractivity contribution < 1.29 is 14.1 Å². The molecule has 10 heteroatoms. The second-order valence-electron chi connectivity index (χ2n) is 9.16. The third kappa shape index (κ3) is 3.69. The minimum Gasteiger partial charge on any atom is -0.494 e. The summed E-state index contributed by atoms with van der Waals surface area (Å²) in [4.78, 5) is 22.3.